The van der Waals surface area contributed by atoms with Gasteiger partial charge in [0.1, 0.15) is 6.54 Å². The van der Waals surface area contributed by atoms with E-state index in [0.717, 1.165) is 17.5 Å². The van der Waals surface area contributed by atoms with Crippen molar-refractivity contribution in [2.45, 2.75) is 50.7 Å². The van der Waals surface area contributed by atoms with Gasteiger partial charge in [-0.2, -0.15) is 5.10 Å². The van der Waals surface area contributed by atoms with Gasteiger partial charge in [0, 0.05) is 6.20 Å². The summed E-state index contributed by atoms with van der Waals surface area (Å²) in [5.74, 6) is -0.319. The lowest BCUT2D eigenvalue weighted by molar-refractivity contribution is -0.120. The third-order valence-corrected chi connectivity index (χ3v) is 3.27. The van der Waals surface area contributed by atoms with Crippen molar-refractivity contribution in [3.05, 3.63) is 12.4 Å². The lowest BCUT2D eigenvalue weighted by Crippen LogP contribution is -2.30. The monoisotopic (exact) mass is 273 g/mol. The summed E-state index contributed by atoms with van der Waals surface area (Å²) in [5.41, 5.74) is -0.546. The third-order valence-electron chi connectivity index (χ3n) is 3.27. The first-order chi connectivity index (χ1) is 8.97. The van der Waals surface area contributed by atoms with Gasteiger partial charge in [0.05, 0.1) is 23.9 Å². The van der Waals surface area contributed by atoms with Gasteiger partial charge in [-0.3, -0.25) is 9.48 Å². The first-order valence-electron chi connectivity index (χ1n) is 6.30. The van der Waals surface area contributed by atoms with Gasteiger partial charge in [-0.15, -0.1) is 0 Å². The first-order valence-corrected chi connectivity index (χ1v) is 6.30. The number of hydrogen-bond acceptors (Lipinski definition) is 3. The fourth-order valence-corrected chi connectivity index (χ4v) is 2.38. The van der Waals surface area contributed by atoms with E-state index in [-0.39, 0.29) is 12.3 Å². The summed E-state index contributed by atoms with van der Waals surface area (Å²) in [5, 5.41) is 16.4. The van der Waals surface area contributed by atoms with Crippen molar-refractivity contribution in [3.63, 3.8) is 0 Å². The van der Waals surface area contributed by atoms with Crippen LogP contribution in [-0.2, 0) is 11.3 Å². The number of alkyl halides is 2. The molecule has 0 unspecified atom stereocenters. The molecule has 1 aliphatic carbocycles. The molecular weight excluding hydrogens is 256 g/mol. The van der Waals surface area contributed by atoms with Gasteiger partial charge < -0.3 is 10.4 Å². The van der Waals surface area contributed by atoms with Crippen molar-refractivity contribution < 1.29 is 18.7 Å². The van der Waals surface area contributed by atoms with E-state index in [2.05, 4.69) is 10.4 Å². The van der Waals surface area contributed by atoms with Gasteiger partial charge in [0.15, 0.2) is 0 Å². The van der Waals surface area contributed by atoms with Crippen LogP contribution >= 0.6 is 0 Å². The van der Waals surface area contributed by atoms with Gasteiger partial charge in [-0.25, -0.2) is 8.78 Å². The molecule has 0 atom stereocenters. The molecular formula is C12H17F2N3O2. The number of nitrogens with zero attached hydrogens (tertiary/aromatic N) is 2. The molecule has 7 heteroatoms. The van der Waals surface area contributed by atoms with Gasteiger partial charge in [0.25, 0.3) is 6.43 Å². The third kappa shape index (κ3) is 3.99. The predicted molar refractivity (Wildman–Crippen MR) is 64.9 cm³/mol. The van der Waals surface area contributed by atoms with Crippen molar-refractivity contribution in [2.75, 3.05) is 5.32 Å². The maximum Gasteiger partial charge on any atom is 0.257 e. The number of carbonyl (C=O) groups is 1. The zero-order valence-electron chi connectivity index (χ0n) is 10.5. The molecule has 1 aromatic rings. The van der Waals surface area contributed by atoms with Crippen molar-refractivity contribution in [3.8, 4) is 0 Å². The number of nitrogens with one attached hydrogen (secondary N) is 1. The van der Waals surface area contributed by atoms with Crippen LogP contribution in [0.4, 0.5) is 14.5 Å². The second-order valence-corrected chi connectivity index (χ2v) is 5.00. The Kier molecular flexibility index (Phi) is 4.14. The Morgan fingerprint density at radius 3 is 2.84 bits per heavy atom. The number of rotatable bonds is 5. The normalized spacial score (nSPS) is 17.9. The zero-order chi connectivity index (χ0) is 13.9. The first kappa shape index (κ1) is 13.9. The maximum atomic E-state index is 12.1. The van der Waals surface area contributed by atoms with Gasteiger partial charge >= 0.3 is 0 Å². The summed E-state index contributed by atoms with van der Waals surface area (Å²) in [4.78, 5) is 11.7. The van der Waals surface area contributed by atoms with E-state index in [0.29, 0.717) is 18.5 Å². The summed E-state index contributed by atoms with van der Waals surface area (Å²) >= 11 is 0. The van der Waals surface area contributed by atoms with E-state index in [1.807, 2.05) is 0 Å². The molecule has 0 radical (unpaired) electrons. The van der Waals surface area contributed by atoms with Crippen LogP contribution in [-0.4, -0.2) is 32.8 Å². The fraction of sp³-hybridized carbons (Fsp3) is 0.667. The Balaban J connectivity index is 1.86. The van der Waals surface area contributed by atoms with Crippen LogP contribution in [0.15, 0.2) is 12.4 Å². The molecule has 106 valence electrons. The molecule has 1 heterocycles. The molecule has 2 N–H and O–H groups in total. The molecule has 0 spiro atoms. The van der Waals surface area contributed by atoms with E-state index in [4.69, 9.17) is 0 Å². The Morgan fingerprint density at radius 2 is 2.21 bits per heavy atom. The van der Waals surface area contributed by atoms with Crippen LogP contribution in [0.25, 0.3) is 0 Å². The fourth-order valence-electron chi connectivity index (χ4n) is 2.38. The lowest BCUT2D eigenvalue weighted by Gasteiger charge is -2.20. The zero-order valence-corrected chi connectivity index (χ0v) is 10.5. The van der Waals surface area contributed by atoms with E-state index in [1.165, 1.54) is 12.4 Å². The average Bonchev–Trinajstić information content (AvgIpc) is 2.87. The summed E-state index contributed by atoms with van der Waals surface area (Å²) in [6.07, 6.45) is 3.33. The lowest BCUT2D eigenvalue weighted by atomic mass is 9.98. The van der Waals surface area contributed by atoms with Crippen LogP contribution in [0.5, 0.6) is 0 Å². The highest BCUT2D eigenvalue weighted by atomic mass is 19.3. The van der Waals surface area contributed by atoms with E-state index in [1.54, 1.807) is 0 Å². The quantitative estimate of drug-likeness (QED) is 0.859. The molecule has 0 saturated heterocycles. The summed E-state index contributed by atoms with van der Waals surface area (Å²) in [7, 11) is 0. The second-order valence-electron chi connectivity index (χ2n) is 5.00. The Labute approximate surface area is 109 Å². The second kappa shape index (κ2) is 5.64. The van der Waals surface area contributed by atoms with Crippen LogP contribution in [0.3, 0.4) is 0 Å². The molecule has 1 aliphatic rings. The molecule has 0 aromatic carbocycles. The van der Waals surface area contributed by atoms with Crippen molar-refractivity contribution in [2.24, 2.45) is 0 Å². The highest BCUT2D eigenvalue weighted by molar-refractivity contribution is 5.91. The minimum atomic E-state index is -2.48. The Bertz CT molecular complexity index is 442. The minimum Gasteiger partial charge on any atom is -0.389 e. The number of aromatic nitrogens is 2. The summed E-state index contributed by atoms with van der Waals surface area (Å²) in [6, 6.07) is 0. The highest BCUT2D eigenvalue weighted by Crippen LogP contribution is 2.32. The predicted octanol–water partition coefficient (Wildman–Crippen LogP) is 1.78. The molecule has 0 bridgehead atoms. The number of aliphatic hydroxyl groups is 1. The molecule has 1 saturated carbocycles. The molecule has 2 rings (SSSR count). The topological polar surface area (TPSA) is 67.2 Å². The van der Waals surface area contributed by atoms with Crippen LogP contribution in [0, 0.1) is 0 Å². The minimum absolute atomic E-state index is 0.0347. The van der Waals surface area contributed by atoms with Gasteiger partial charge in [-0.05, 0) is 12.8 Å². The molecule has 1 amide bonds. The molecule has 19 heavy (non-hydrogen) atoms. The molecule has 1 fully saturated rings. The van der Waals surface area contributed by atoms with Crippen molar-refractivity contribution in [1.29, 1.82) is 0 Å². The van der Waals surface area contributed by atoms with E-state index >= 15 is 0 Å². The Morgan fingerprint density at radius 1 is 1.53 bits per heavy atom. The summed E-state index contributed by atoms with van der Waals surface area (Å²) < 4.78 is 25.3. The van der Waals surface area contributed by atoms with Crippen molar-refractivity contribution in [1.82, 2.24) is 9.78 Å². The highest BCUT2D eigenvalue weighted by Gasteiger charge is 2.33. The van der Waals surface area contributed by atoms with E-state index in [9.17, 15) is 18.7 Å². The largest absolute Gasteiger partial charge is 0.389 e. The van der Waals surface area contributed by atoms with Crippen LogP contribution in [0.1, 0.15) is 32.1 Å². The number of amides is 1. The van der Waals surface area contributed by atoms with Crippen LogP contribution in [0.2, 0.25) is 0 Å². The SMILES string of the molecule is O=C(CC1(O)CCCC1)Nc1cnn(CC(F)F)c1. The van der Waals surface area contributed by atoms with Gasteiger partial charge in [-0.1, -0.05) is 12.8 Å². The molecule has 1 aromatic heterocycles. The number of anilines is 1. The summed E-state index contributed by atoms with van der Waals surface area (Å²) in [6.45, 7) is -0.500. The standard InChI is InChI=1S/C12H17F2N3O2/c13-10(14)8-17-7-9(6-15-17)16-11(18)5-12(19)3-1-2-4-12/h6-7,10,19H,1-5,8H2,(H,16,18). The molecule has 5 nitrogen and oxygen atoms in total. The number of halogens is 2. The number of hydrogen-bond donors (Lipinski definition) is 2. The molecule has 0 aliphatic heterocycles. The van der Waals surface area contributed by atoms with E-state index < -0.39 is 18.6 Å². The Hall–Kier alpha value is -1.50. The number of carbonyl (C=O) groups excluding carboxylic acids is 1. The smallest absolute Gasteiger partial charge is 0.257 e. The van der Waals surface area contributed by atoms with Gasteiger partial charge in [0.2, 0.25) is 5.91 Å². The average molecular weight is 273 g/mol. The van der Waals surface area contributed by atoms with Crippen LogP contribution < -0.4 is 5.32 Å². The maximum absolute atomic E-state index is 12.1. The van der Waals surface area contributed by atoms with Crippen molar-refractivity contribution >= 4 is 11.6 Å².